The average molecular weight is 390 g/mol. The predicted molar refractivity (Wildman–Crippen MR) is 100 cm³/mol. The summed E-state index contributed by atoms with van der Waals surface area (Å²) in [7, 11) is -3.66. The number of hydrogen-bond donors (Lipinski definition) is 0. The summed E-state index contributed by atoms with van der Waals surface area (Å²) in [5.74, 6) is -0.633. The van der Waals surface area contributed by atoms with Crippen molar-refractivity contribution >= 4 is 32.5 Å². The summed E-state index contributed by atoms with van der Waals surface area (Å²) < 4.78 is 33.3. The normalized spacial score (nSPS) is 15.8. The summed E-state index contributed by atoms with van der Waals surface area (Å²) in [4.78, 5) is 27.8. The largest absolute Gasteiger partial charge is 0.473 e. The molecule has 0 unspecified atom stereocenters. The maximum atomic E-state index is 13.1. The summed E-state index contributed by atoms with van der Waals surface area (Å²) in [6.07, 6.45) is 2.99. The number of Topliss-reactive ketones (excluding diaryl/α,β-unsaturated/α-hetero) is 2. The van der Waals surface area contributed by atoms with Crippen molar-refractivity contribution in [2.75, 3.05) is 13.1 Å². The van der Waals surface area contributed by atoms with Crippen LogP contribution in [0.5, 0.6) is 5.75 Å². The van der Waals surface area contributed by atoms with Crippen molar-refractivity contribution in [2.24, 2.45) is 0 Å². The predicted octanol–water partition coefficient (Wildman–Crippen LogP) is 2.33. The van der Waals surface area contributed by atoms with Crippen LogP contribution in [-0.2, 0) is 19.6 Å². The van der Waals surface area contributed by atoms with Gasteiger partial charge in [-0.1, -0.05) is 6.42 Å². The highest BCUT2D eigenvalue weighted by Gasteiger charge is 2.29. The maximum absolute atomic E-state index is 13.1. The number of hydrogen-bond acceptors (Lipinski definition) is 6. The van der Waals surface area contributed by atoms with E-state index in [1.807, 2.05) is 0 Å². The highest BCUT2D eigenvalue weighted by atomic mass is 32.2. The summed E-state index contributed by atoms with van der Waals surface area (Å²) in [6.45, 7) is 3.55. The van der Waals surface area contributed by atoms with Gasteiger partial charge in [0.15, 0.2) is 11.6 Å². The summed E-state index contributed by atoms with van der Waals surface area (Å²) >= 11 is 0. The van der Waals surface area contributed by atoms with Gasteiger partial charge in [-0.2, -0.15) is 4.31 Å². The monoisotopic (exact) mass is 390 g/mol. The molecule has 1 aromatic carbocycles. The standard InChI is InChI=1S/C19H22N2O5S/c1-13(22)19(14(2)23)26-16-8-9-17(15-7-6-10-20-18(15)16)27(24,25)21-11-4-3-5-12-21/h6-10,19H,3-5,11-12H2,1-2H3. The molecule has 1 aromatic heterocycles. The van der Waals surface area contributed by atoms with E-state index in [2.05, 4.69) is 4.98 Å². The second-order valence-electron chi connectivity index (χ2n) is 6.65. The van der Waals surface area contributed by atoms with Crippen molar-refractivity contribution in [3.8, 4) is 5.75 Å². The molecule has 8 heteroatoms. The maximum Gasteiger partial charge on any atom is 0.243 e. The lowest BCUT2D eigenvalue weighted by Gasteiger charge is -2.26. The molecule has 0 amide bonds. The Kier molecular flexibility index (Phi) is 5.57. The number of aromatic nitrogens is 1. The van der Waals surface area contributed by atoms with Gasteiger partial charge in [-0.25, -0.2) is 8.42 Å². The first-order chi connectivity index (χ1) is 12.8. The third kappa shape index (κ3) is 3.86. The Balaban J connectivity index is 2.08. The van der Waals surface area contributed by atoms with Crippen molar-refractivity contribution in [2.45, 2.75) is 44.1 Å². The summed E-state index contributed by atoms with van der Waals surface area (Å²) in [5, 5.41) is 0.409. The number of rotatable bonds is 6. The Morgan fingerprint density at radius 1 is 1.07 bits per heavy atom. The Hall–Kier alpha value is -2.32. The smallest absolute Gasteiger partial charge is 0.243 e. The highest BCUT2D eigenvalue weighted by Crippen LogP contribution is 2.32. The van der Waals surface area contributed by atoms with Gasteiger partial charge in [0.2, 0.25) is 16.1 Å². The molecule has 1 aliphatic heterocycles. The van der Waals surface area contributed by atoms with Gasteiger partial charge in [0.25, 0.3) is 0 Å². The van der Waals surface area contributed by atoms with Crippen LogP contribution >= 0.6 is 0 Å². The molecular formula is C19H22N2O5S. The minimum Gasteiger partial charge on any atom is -0.473 e. The van der Waals surface area contributed by atoms with E-state index in [0.29, 0.717) is 24.0 Å². The van der Waals surface area contributed by atoms with Crippen molar-refractivity contribution in [3.05, 3.63) is 30.5 Å². The van der Waals surface area contributed by atoms with Crippen molar-refractivity contribution in [1.29, 1.82) is 0 Å². The zero-order chi connectivity index (χ0) is 19.6. The van der Waals surface area contributed by atoms with Crippen LogP contribution < -0.4 is 4.74 Å². The van der Waals surface area contributed by atoms with Crippen LogP contribution in [0.4, 0.5) is 0 Å². The van der Waals surface area contributed by atoms with Crippen LogP contribution in [0.15, 0.2) is 35.4 Å². The van der Waals surface area contributed by atoms with E-state index >= 15 is 0 Å². The van der Waals surface area contributed by atoms with E-state index in [1.165, 1.54) is 36.5 Å². The first kappa shape index (κ1) is 19.4. The molecule has 144 valence electrons. The van der Waals surface area contributed by atoms with Gasteiger partial charge >= 0.3 is 0 Å². The van der Waals surface area contributed by atoms with Crippen LogP contribution in [0, 0.1) is 0 Å². The molecular weight excluding hydrogens is 368 g/mol. The van der Waals surface area contributed by atoms with Crippen molar-refractivity contribution in [1.82, 2.24) is 9.29 Å². The number of ketones is 2. The minimum absolute atomic E-state index is 0.155. The van der Waals surface area contributed by atoms with E-state index < -0.39 is 27.7 Å². The van der Waals surface area contributed by atoms with Gasteiger partial charge in [0, 0.05) is 24.7 Å². The first-order valence-corrected chi connectivity index (χ1v) is 10.3. The second-order valence-corrected chi connectivity index (χ2v) is 8.55. The molecule has 0 spiro atoms. The molecule has 3 rings (SSSR count). The van der Waals surface area contributed by atoms with E-state index in [4.69, 9.17) is 4.74 Å². The SMILES string of the molecule is CC(=O)C(Oc1ccc(S(=O)(=O)N2CCCCC2)c2cccnc12)C(C)=O. The minimum atomic E-state index is -3.66. The second kappa shape index (κ2) is 7.74. The lowest BCUT2D eigenvalue weighted by atomic mass is 10.1. The Bertz CT molecular complexity index is 967. The van der Waals surface area contributed by atoms with Crippen molar-refractivity contribution in [3.63, 3.8) is 0 Å². The zero-order valence-corrected chi connectivity index (χ0v) is 16.2. The number of benzene rings is 1. The molecule has 7 nitrogen and oxygen atoms in total. The van der Waals surface area contributed by atoms with Gasteiger partial charge in [-0.15, -0.1) is 0 Å². The van der Waals surface area contributed by atoms with Crippen LogP contribution in [0.1, 0.15) is 33.1 Å². The van der Waals surface area contributed by atoms with Crippen LogP contribution in [0.2, 0.25) is 0 Å². The molecule has 0 bridgehead atoms. The molecule has 1 saturated heterocycles. The van der Waals surface area contributed by atoms with E-state index in [1.54, 1.807) is 12.1 Å². The van der Waals surface area contributed by atoms with Gasteiger partial charge < -0.3 is 4.74 Å². The Labute approximate surface area is 158 Å². The fraction of sp³-hybridized carbons (Fsp3) is 0.421. The summed E-state index contributed by atoms with van der Waals surface area (Å²) in [5.41, 5.74) is 0.308. The quantitative estimate of drug-likeness (QED) is 0.703. The third-order valence-corrected chi connectivity index (χ3v) is 6.57. The van der Waals surface area contributed by atoms with Gasteiger partial charge in [-0.05, 0) is 51.0 Å². The molecule has 0 aliphatic carbocycles. The molecule has 2 aromatic rings. The number of carbonyl (C=O) groups is 2. The Morgan fingerprint density at radius 3 is 2.37 bits per heavy atom. The first-order valence-electron chi connectivity index (χ1n) is 8.88. The number of piperidine rings is 1. The number of carbonyl (C=O) groups excluding carboxylic acids is 2. The molecule has 0 N–H and O–H groups in total. The van der Waals surface area contributed by atoms with E-state index in [-0.39, 0.29) is 10.6 Å². The summed E-state index contributed by atoms with van der Waals surface area (Å²) in [6, 6.07) is 6.23. The van der Waals surface area contributed by atoms with Gasteiger partial charge in [-0.3, -0.25) is 14.6 Å². The number of nitrogens with zero attached hydrogens (tertiary/aromatic N) is 2. The molecule has 1 aliphatic rings. The highest BCUT2D eigenvalue weighted by molar-refractivity contribution is 7.89. The fourth-order valence-corrected chi connectivity index (χ4v) is 4.96. The number of ether oxygens (including phenoxy) is 1. The van der Waals surface area contributed by atoms with E-state index in [9.17, 15) is 18.0 Å². The fourth-order valence-electron chi connectivity index (χ4n) is 3.26. The van der Waals surface area contributed by atoms with Crippen molar-refractivity contribution < 1.29 is 22.7 Å². The molecule has 1 fully saturated rings. The molecule has 27 heavy (non-hydrogen) atoms. The lowest BCUT2D eigenvalue weighted by Crippen LogP contribution is -2.35. The van der Waals surface area contributed by atoms with Crippen LogP contribution in [0.25, 0.3) is 10.9 Å². The Morgan fingerprint density at radius 2 is 1.74 bits per heavy atom. The number of fused-ring (bicyclic) bond motifs is 1. The molecule has 2 heterocycles. The lowest BCUT2D eigenvalue weighted by molar-refractivity contribution is -0.134. The average Bonchev–Trinajstić information content (AvgIpc) is 2.66. The topological polar surface area (TPSA) is 93.6 Å². The number of sulfonamides is 1. The molecule has 0 saturated carbocycles. The van der Waals surface area contributed by atoms with E-state index in [0.717, 1.165) is 19.3 Å². The van der Waals surface area contributed by atoms with Gasteiger partial charge in [0.1, 0.15) is 11.3 Å². The van der Waals surface area contributed by atoms with Crippen LogP contribution in [-0.4, -0.2) is 48.5 Å². The number of pyridine rings is 1. The van der Waals surface area contributed by atoms with Crippen LogP contribution in [0.3, 0.4) is 0 Å². The third-order valence-electron chi connectivity index (χ3n) is 4.61. The zero-order valence-electron chi connectivity index (χ0n) is 15.3. The molecule has 0 atom stereocenters. The molecule has 0 radical (unpaired) electrons. The van der Waals surface area contributed by atoms with Gasteiger partial charge in [0.05, 0.1) is 4.90 Å².